The Hall–Kier alpha value is -1.44. The van der Waals surface area contributed by atoms with Crippen LogP contribution in [0.2, 0.25) is 0 Å². The SMILES string of the molecule is CC(C)(C)NCC(=O)Nc1ccc(CS(N)(=O)=O)cc1. The number of rotatable bonds is 5. The lowest BCUT2D eigenvalue weighted by atomic mass is 10.1. The molecule has 0 fully saturated rings. The van der Waals surface area contributed by atoms with Crippen molar-refractivity contribution in [2.45, 2.75) is 32.1 Å². The number of hydrogen-bond acceptors (Lipinski definition) is 4. The van der Waals surface area contributed by atoms with E-state index in [1.54, 1.807) is 24.3 Å². The Kier molecular flexibility index (Phi) is 5.27. The summed E-state index contributed by atoms with van der Waals surface area (Å²) in [5, 5.41) is 10.8. The zero-order valence-corrected chi connectivity index (χ0v) is 12.8. The van der Waals surface area contributed by atoms with Gasteiger partial charge >= 0.3 is 0 Å². The molecule has 0 aliphatic heterocycles. The Bertz CT molecular complexity index is 560. The van der Waals surface area contributed by atoms with Crippen LogP contribution >= 0.6 is 0 Å². The number of primary sulfonamides is 1. The Morgan fingerprint density at radius 1 is 1.20 bits per heavy atom. The fraction of sp³-hybridized carbons (Fsp3) is 0.462. The van der Waals surface area contributed by atoms with Gasteiger partial charge in [-0.25, -0.2) is 13.6 Å². The lowest BCUT2D eigenvalue weighted by Gasteiger charge is -2.20. The smallest absolute Gasteiger partial charge is 0.238 e. The number of amides is 1. The van der Waals surface area contributed by atoms with Gasteiger partial charge in [-0.05, 0) is 38.5 Å². The van der Waals surface area contributed by atoms with Gasteiger partial charge in [-0.2, -0.15) is 0 Å². The van der Waals surface area contributed by atoms with E-state index >= 15 is 0 Å². The average Bonchev–Trinajstić information content (AvgIpc) is 2.26. The van der Waals surface area contributed by atoms with Crippen LogP contribution in [0.15, 0.2) is 24.3 Å². The van der Waals surface area contributed by atoms with Crippen LogP contribution in [-0.4, -0.2) is 26.4 Å². The number of sulfonamides is 1. The van der Waals surface area contributed by atoms with Crippen molar-refractivity contribution >= 4 is 21.6 Å². The molecule has 1 aromatic carbocycles. The van der Waals surface area contributed by atoms with Crippen molar-refractivity contribution in [1.82, 2.24) is 5.32 Å². The third kappa shape index (κ3) is 7.22. The van der Waals surface area contributed by atoms with E-state index in [9.17, 15) is 13.2 Å². The number of carbonyl (C=O) groups is 1. The highest BCUT2D eigenvalue weighted by Gasteiger charge is 2.11. The number of nitrogens with two attached hydrogens (primary N) is 1. The zero-order valence-electron chi connectivity index (χ0n) is 11.9. The maximum Gasteiger partial charge on any atom is 0.238 e. The first kappa shape index (κ1) is 16.6. The molecule has 1 amide bonds. The van der Waals surface area contributed by atoms with E-state index in [0.29, 0.717) is 11.3 Å². The molecule has 20 heavy (non-hydrogen) atoms. The summed E-state index contributed by atoms with van der Waals surface area (Å²) in [6, 6.07) is 6.54. The van der Waals surface area contributed by atoms with Gasteiger partial charge in [0.05, 0.1) is 12.3 Å². The van der Waals surface area contributed by atoms with Gasteiger partial charge in [-0.1, -0.05) is 12.1 Å². The number of benzene rings is 1. The van der Waals surface area contributed by atoms with E-state index in [-0.39, 0.29) is 23.7 Å². The fourth-order valence-corrected chi connectivity index (χ4v) is 2.12. The van der Waals surface area contributed by atoms with Crippen LogP contribution in [0.3, 0.4) is 0 Å². The van der Waals surface area contributed by atoms with Gasteiger partial charge in [-0.15, -0.1) is 0 Å². The third-order valence-corrected chi connectivity index (χ3v) is 3.12. The van der Waals surface area contributed by atoms with Crippen molar-refractivity contribution in [2.75, 3.05) is 11.9 Å². The predicted octanol–water partition coefficient (Wildman–Crippen LogP) is 0.802. The van der Waals surface area contributed by atoms with Crippen molar-refractivity contribution in [2.24, 2.45) is 5.14 Å². The zero-order chi connectivity index (χ0) is 15.4. The molecule has 0 bridgehead atoms. The van der Waals surface area contributed by atoms with Crippen LogP contribution in [0.4, 0.5) is 5.69 Å². The highest BCUT2D eigenvalue weighted by molar-refractivity contribution is 7.88. The van der Waals surface area contributed by atoms with Crippen LogP contribution in [-0.2, 0) is 20.6 Å². The Morgan fingerprint density at radius 3 is 2.20 bits per heavy atom. The molecule has 0 aliphatic rings. The van der Waals surface area contributed by atoms with Crippen molar-refractivity contribution in [1.29, 1.82) is 0 Å². The van der Waals surface area contributed by atoms with E-state index in [0.717, 1.165) is 0 Å². The van der Waals surface area contributed by atoms with Gasteiger partial charge in [0.25, 0.3) is 0 Å². The number of hydrogen-bond donors (Lipinski definition) is 3. The molecule has 0 unspecified atom stereocenters. The third-order valence-electron chi connectivity index (χ3n) is 2.38. The van der Waals surface area contributed by atoms with Crippen LogP contribution < -0.4 is 15.8 Å². The molecule has 0 radical (unpaired) electrons. The minimum atomic E-state index is -3.54. The number of anilines is 1. The summed E-state index contributed by atoms with van der Waals surface area (Å²) in [5.74, 6) is -0.369. The first-order valence-electron chi connectivity index (χ1n) is 6.19. The second-order valence-corrected chi connectivity index (χ2v) is 7.27. The van der Waals surface area contributed by atoms with E-state index in [1.165, 1.54) is 0 Å². The van der Waals surface area contributed by atoms with Crippen LogP contribution in [0.5, 0.6) is 0 Å². The molecule has 0 saturated carbocycles. The predicted molar refractivity (Wildman–Crippen MR) is 79.6 cm³/mol. The van der Waals surface area contributed by atoms with Gasteiger partial charge in [0.15, 0.2) is 0 Å². The molecular weight excluding hydrogens is 278 g/mol. The molecule has 7 heteroatoms. The summed E-state index contributed by atoms with van der Waals surface area (Å²) in [4.78, 5) is 11.7. The summed E-state index contributed by atoms with van der Waals surface area (Å²) in [7, 11) is -3.54. The molecule has 6 nitrogen and oxygen atoms in total. The molecule has 112 valence electrons. The summed E-state index contributed by atoms with van der Waals surface area (Å²) in [5.41, 5.74) is 1.07. The molecular formula is C13H21N3O3S. The van der Waals surface area contributed by atoms with Gasteiger partial charge in [0.1, 0.15) is 0 Å². The van der Waals surface area contributed by atoms with E-state index in [4.69, 9.17) is 5.14 Å². The first-order valence-corrected chi connectivity index (χ1v) is 7.91. The van der Waals surface area contributed by atoms with Crippen molar-refractivity contribution in [3.63, 3.8) is 0 Å². The van der Waals surface area contributed by atoms with E-state index in [2.05, 4.69) is 10.6 Å². The first-order chi connectivity index (χ1) is 9.05. The topological polar surface area (TPSA) is 101 Å². The Balaban J connectivity index is 2.55. The molecule has 4 N–H and O–H groups in total. The average molecular weight is 299 g/mol. The van der Waals surface area contributed by atoms with Gasteiger partial charge in [-0.3, -0.25) is 4.79 Å². The van der Waals surface area contributed by atoms with Crippen LogP contribution in [0.25, 0.3) is 0 Å². The van der Waals surface area contributed by atoms with E-state index in [1.807, 2.05) is 20.8 Å². The molecule has 0 atom stereocenters. The summed E-state index contributed by atoms with van der Waals surface area (Å²) < 4.78 is 21.9. The largest absolute Gasteiger partial charge is 0.325 e. The normalized spacial score (nSPS) is 12.2. The standard InChI is InChI=1S/C13H21N3O3S/c1-13(2,3)15-8-12(17)16-11-6-4-10(5-7-11)9-20(14,18)19/h4-7,15H,8-9H2,1-3H3,(H,16,17)(H2,14,18,19). The molecule has 1 rings (SSSR count). The second-order valence-electron chi connectivity index (χ2n) is 5.66. The summed E-state index contributed by atoms with van der Waals surface area (Å²) in [6.45, 7) is 6.13. The monoisotopic (exact) mass is 299 g/mol. The molecule has 0 aliphatic carbocycles. The summed E-state index contributed by atoms with van der Waals surface area (Å²) >= 11 is 0. The molecule has 1 aromatic rings. The van der Waals surface area contributed by atoms with Crippen molar-refractivity contribution in [3.05, 3.63) is 29.8 Å². The second kappa shape index (κ2) is 6.34. The summed E-state index contributed by atoms with van der Waals surface area (Å²) in [6.07, 6.45) is 0. The maximum absolute atomic E-state index is 11.7. The highest BCUT2D eigenvalue weighted by Crippen LogP contribution is 2.11. The molecule has 0 spiro atoms. The lowest BCUT2D eigenvalue weighted by molar-refractivity contribution is -0.115. The quantitative estimate of drug-likeness (QED) is 0.748. The molecule has 0 heterocycles. The number of carbonyl (C=O) groups excluding carboxylic acids is 1. The van der Waals surface area contributed by atoms with E-state index < -0.39 is 10.0 Å². The Labute approximate surface area is 119 Å². The van der Waals surface area contributed by atoms with Crippen LogP contribution in [0, 0.1) is 0 Å². The van der Waals surface area contributed by atoms with Crippen molar-refractivity contribution < 1.29 is 13.2 Å². The van der Waals surface area contributed by atoms with Crippen molar-refractivity contribution in [3.8, 4) is 0 Å². The molecule has 0 aromatic heterocycles. The van der Waals surface area contributed by atoms with Crippen LogP contribution in [0.1, 0.15) is 26.3 Å². The van der Waals surface area contributed by atoms with Gasteiger partial charge in [0, 0.05) is 11.2 Å². The number of nitrogens with one attached hydrogen (secondary N) is 2. The fourth-order valence-electron chi connectivity index (χ4n) is 1.47. The minimum Gasteiger partial charge on any atom is -0.325 e. The molecule has 0 saturated heterocycles. The maximum atomic E-state index is 11.7. The minimum absolute atomic E-state index is 0.128. The highest BCUT2D eigenvalue weighted by atomic mass is 32.2. The lowest BCUT2D eigenvalue weighted by Crippen LogP contribution is -2.41. The van der Waals surface area contributed by atoms with Gasteiger partial charge < -0.3 is 10.6 Å². The Morgan fingerprint density at radius 2 is 1.75 bits per heavy atom. The van der Waals surface area contributed by atoms with Gasteiger partial charge in [0.2, 0.25) is 15.9 Å².